The molecule has 0 radical (unpaired) electrons. The summed E-state index contributed by atoms with van der Waals surface area (Å²) < 4.78 is 15.4. The Labute approximate surface area is 644 Å². The molecule has 0 spiro atoms. The number of rotatable bonds is 15. The molecule has 16 rings (SSSR count). The van der Waals surface area contributed by atoms with Gasteiger partial charge in [0.2, 0.25) is 0 Å². The van der Waals surface area contributed by atoms with Crippen molar-refractivity contribution >= 4 is 157 Å². The van der Waals surface area contributed by atoms with Crippen molar-refractivity contribution in [3.63, 3.8) is 0 Å². The van der Waals surface area contributed by atoms with Gasteiger partial charge in [0, 0.05) is 84.4 Å². The largest absolute Gasteiger partial charge is 0.462 e. The number of halogens is 1. The van der Waals surface area contributed by atoms with Gasteiger partial charge in [-0.15, -0.1) is 45.3 Å². The predicted molar refractivity (Wildman–Crippen MR) is 450 cm³/mol. The van der Waals surface area contributed by atoms with E-state index in [-0.39, 0.29) is 5.78 Å². The fourth-order valence-electron chi connectivity index (χ4n) is 12.9. The molecule has 7 aromatic carbocycles. The van der Waals surface area contributed by atoms with E-state index in [4.69, 9.17) is 36.0 Å². The minimum absolute atomic E-state index is 0.0921. The number of carbonyl (C=O) groups excluding carboxylic acids is 1. The van der Waals surface area contributed by atoms with Crippen LogP contribution in [0.3, 0.4) is 0 Å². The van der Waals surface area contributed by atoms with E-state index in [9.17, 15) is 10.1 Å². The molecule has 0 bridgehead atoms. The van der Waals surface area contributed by atoms with Crippen molar-refractivity contribution in [2.24, 2.45) is 0 Å². The zero-order valence-corrected chi connectivity index (χ0v) is 64.4. The van der Waals surface area contributed by atoms with Crippen molar-refractivity contribution in [2.75, 3.05) is 55.0 Å². The van der Waals surface area contributed by atoms with Crippen LogP contribution in [-0.2, 0) is 9.47 Å². The van der Waals surface area contributed by atoms with Crippen LogP contribution in [0.15, 0.2) is 286 Å². The Morgan fingerprint density at radius 3 is 1.58 bits per heavy atom. The minimum atomic E-state index is -0.0921. The summed E-state index contributed by atoms with van der Waals surface area (Å²) in [5.41, 5.74) is 15.5. The molecule has 0 atom stereocenters. The third-order valence-corrected chi connectivity index (χ3v) is 23.3. The van der Waals surface area contributed by atoms with E-state index in [2.05, 4.69) is 190 Å². The molecule has 5 aliphatic heterocycles. The Morgan fingerprint density at radius 2 is 1.03 bits per heavy atom. The molecule has 0 saturated carbocycles. The van der Waals surface area contributed by atoms with Crippen molar-refractivity contribution in [2.45, 2.75) is 59.3 Å². The molecular formula is C89H77ClN8O3S5. The average molecular weight is 1500 g/mol. The molecule has 0 amide bonds. The van der Waals surface area contributed by atoms with Gasteiger partial charge in [-0.2, -0.15) is 5.26 Å². The van der Waals surface area contributed by atoms with E-state index in [0.717, 1.165) is 105 Å². The Morgan fingerprint density at radius 1 is 0.519 bits per heavy atom. The van der Waals surface area contributed by atoms with Crippen LogP contribution >= 0.6 is 68.7 Å². The lowest BCUT2D eigenvalue weighted by Crippen LogP contribution is -2.29. The number of hydrogen-bond donors (Lipinski definition) is 0. The highest BCUT2D eigenvalue weighted by atomic mass is 35.5. The number of aromatic nitrogens is 4. The number of fused-ring (bicyclic) bond motifs is 3. The van der Waals surface area contributed by atoms with Gasteiger partial charge in [-0.05, 0) is 231 Å². The van der Waals surface area contributed by atoms with Gasteiger partial charge in [0.05, 0.1) is 47.4 Å². The molecule has 5 aliphatic rings. The first-order valence-electron chi connectivity index (χ1n) is 35.5. The van der Waals surface area contributed by atoms with Gasteiger partial charge in [-0.1, -0.05) is 133 Å². The first-order chi connectivity index (χ1) is 51.8. The SMILES string of the molecule is CC1=C/C(=C(/C#N)c2nccs2)C=C(C=Cc2ccc(N3CCCCC3)cc2)S1.CC1=C/C(=C(/C(=O)c2ccccc2)c2nc3ccc(Cl)cc3s2)C=C(C=Cc2ccc(N(C)C)cc2)O1.CC1=CC(=C(c2nc3ccccc3s2)c2nc3ccccc3s2)C=C(C=Cc2ccc(N3CCCCC3)cc2)O1. The van der Waals surface area contributed by atoms with E-state index in [0.29, 0.717) is 38.3 Å². The molecule has 2 saturated heterocycles. The number of Topliss-reactive ketones (excluding diaryl/α,β-unsaturated/α-hetero) is 1. The van der Waals surface area contributed by atoms with Gasteiger partial charge in [-0.3, -0.25) is 4.79 Å². The number of hydrogen-bond acceptors (Lipinski definition) is 16. The fraction of sp³-hybridized carbons (Fsp3) is 0.169. The summed E-state index contributed by atoms with van der Waals surface area (Å²) in [7, 11) is 4.03. The second kappa shape index (κ2) is 34.2. The van der Waals surface area contributed by atoms with Gasteiger partial charge >= 0.3 is 0 Å². The monoisotopic (exact) mass is 1500 g/mol. The topological polar surface area (TPSA) is 121 Å². The first-order valence-corrected chi connectivity index (χ1v) is 40.0. The van der Waals surface area contributed by atoms with Crippen LogP contribution in [0.4, 0.5) is 17.1 Å². The van der Waals surface area contributed by atoms with Gasteiger partial charge in [-0.25, -0.2) is 19.9 Å². The Bertz CT molecular complexity index is 5350. The summed E-state index contributed by atoms with van der Waals surface area (Å²) in [6, 6.07) is 59.7. The predicted octanol–water partition coefficient (Wildman–Crippen LogP) is 24.1. The molecule has 4 aromatic heterocycles. The lowest BCUT2D eigenvalue weighted by Gasteiger charge is -2.28. The number of piperidine rings is 2. The number of anilines is 3. The van der Waals surface area contributed by atoms with Gasteiger partial charge in [0.25, 0.3) is 0 Å². The van der Waals surface area contributed by atoms with Crippen LogP contribution in [-0.4, -0.2) is 66.0 Å². The van der Waals surface area contributed by atoms with Crippen molar-refractivity contribution < 1.29 is 14.3 Å². The Hall–Kier alpha value is -10.5. The van der Waals surface area contributed by atoms with Crippen molar-refractivity contribution in [3.05, 3.63) is 333 Å². The second-order valence-electron chi connectivity index (χ2n) is 26.2. The Balaban J connectivity index is 0.000000135. The standard InChI is InChI=1S/C34H29N3OS2.C31H25ClN2O2S.C24H23N3S2/c1-23-21-25(22-27(38-23)18-15-24-13-16-26(17-14-24)37-19-7-2-8-20-37)32(33-35-28-9-3-5-11-30(28)39-33)34-36-29-10-4-6-12-31(29)40-34;1-20-17-23(18-26(36-20)15-11-21-9-13-25(14-10-21)34(2)3)29(30(35)22-7-5-4-6-8-22)31-33-27-16-12-24(32)19-28(27)37-31;1-18-15-20(23(17-25)24-26-11-14-28-24)16-22(29-18)10-7-19-5-8-21(9-6-19)27-12-3-2-4-13-27/h3-6,9-18,21-22H,2,7-8,19-20H2,1H3;4-19H,1-3H3;5-11,14-16H,2-4,12-13H2,1H3/b;15-11?,29-23+;10-7?,23-20+. The lowest BCUT2D eigenvalue weighted by atomic mass is 9.96. The zero-order chi connectivity index (χ0) is 72.9. The number of ether oxygens (including phenoxy) is 2. The summed E-state index contributed by atoms with van der Waals surface area (Å²) >= 11 is 14.3. The smallest absolute Gasteiger partial charge is 0.196 e. The average Bonchev–Trinajstić information content (AvgIpc) is 1.66. The third-order valence-electron chi connectivity index (χ3n) is 18.2. The molecule has 0 aliphatic carbocycles. The van der Waals surface area contributed by atoms with Gasteiger partial charge < -0.3 is 24.2 Å². The van der Waals surface area contributed by atoms with E-state index in [1.165, 1.54) is 106 Å². The molecular weight excluding hydrogens is 1420 g/mol. The first kappa shape index (κ1) is 72.5. The van der Waals surface area contributed by atoms with Crippen molar-refractivity contribution in [3.8, 4) is 6.07 Å². The van der Waals surface area contributed by atoms with Crippen molar-refractivity contribution in [1.29, 1.82) is 5.26 Å². The molecule has 2 fully saturated rings. The zero-order valence-electron chi connectivity index (χ0n) is 59.5. The molecule has 0 N–H and O–H groups in total. The number of thiazole rings is 4. The number of carbonyl (C=O) groups is 1. The van der Waals surface area contributed by atoms with Crippen LogP contribution in [0.2, 0.25) is 5.02 Å². The normalized spacial score (nSPS) is 16.4. The summed E-state index contributed by atoms with van der Waals surface area (Å²) in [6.07, 6.45) is 34.1. The number of nitriles is 1. The molecule has 11 nitrogen and oxygen atoms in total. The molecule has 9 heterocycles. The number of benzene rings is 7. The van der Waals surface area contributed by atoms with Gasteiger partial charge in [0.15, 0.2) is 5.78 Å². The molecule has 0 unspecified atom stereocenters. The van der Waals surface area contributed by atoms with Crippen LogP contribution in [0, 0.1) is 11.3 Å². The lowest BCUT2D eigenvalue weighted by molar-refractivity contribution is 0.105. The van der Waals surface area contributed by atoms with E-state index in [1.807, 2.05) is 118 Å². The highest BCUT2D eigenvalue weighted by Crippen LogP contribution is 2.42. The number of para-hydroxylation sites is 2. The van der Waals surface area contributed by atoms with Crippen LogP contribution in [0.25, 0.3) is 65.6 Å². The molecule has 528 valence electrons. The highest BCUT2D eigenvalue weighted by Gasteiger charge is 2.26. The minimum Gasteiger partial charge on any atom is -0.462 e. The number of allylic oxidation sites excluding steroid dienone is 17. The van der Waals surface area contributed by atoms with Crippen LogP contribution in [0.5, 0.6) is 0 Å². The van der Waals surface area contributed by atoms with E-state index >= 15 is 0 Å². The summed E-state index contributed by atoms with van der Waals surface area (Å²) in [5, 5.41) is 15.5. The van der Waals surface area contributed by atoms with E-state index in [1.54, 1.807) is 40.6 Å². The maximum Gasteiger partial charge on any atom is 0.196 e. The van der Waals surface area contributed by atoms with Gasteiger partial charge in [0.1, 0.15) is 49.1 Å². The number of nitrogens with zero attached hydrogens (tertiary/aromatic N) is 8. The number of ketones is 1. The quantitative estimate of drug-likeness (QED) is 0.0552. The van der Waals surface area contributed by atoms with Crippen molar-refractivity contribution in [1.82, 2.24) is 19.9 Å². The Kier molecular flexibility index (Phi) is 23.4. The number of thioether (sulfide) groups is 1. The maximum absolute atomic E-state index is 13.8. The fourth-order valence-corrected chi connectivity index (χ4v) is 17.9. The van der Waals surface area contributed by atoms with Crippen LogP contribution < -0.4 is 14.7 Å². The van der Waals surface area contributed by atoms with Crippen LogP contribution in [0.1, 0.15) is 106 Å². The molecule has 17 heteroatoms. The summed E-state index contributed by atoms with van der Waals surface area (Å²) in [4.78, 5) is 42.3. The summed E-state index contributed by atoms with van der Waals surface area (Å²) in [5.74, 6) is 2.90. The molecule has 11 aromatic rings. The second-order valence-corrected chi connectivity index (χ2v) is 32.0. The molecule has 106 heavy (non-hydrogen) atoms. The maximum atomic E-state index is 13.8. The highest BCUT2D eigenvalue weighted by molar-refractivity contribution is 8.07. The third kappa shape index (κ3) is 18.1. The summed E-state index contributed by atoms with van der Waals surface area (Å²) in [6.45, 7) is 10.6. The van der Waals surface area contributed by atoms with E-state index < -0.39 is 0 Å².